The topological polar surface area (TPSA) is 53.2 Å². The lowest BCUT2D eigenvalue weighted by atomic mass is 10.1. The Morgan fingerprint density at radius 1 is 1.10 bits per heavy atom. The Balaban J connectivity index is 2.00. The molecule has 0 fully saturated rings. The van der Waals surface area contributed by atoms with E-state index in [0.717, 1.165) is 0 Å². The maximum atomic E-state index is 12.1. The first-order valence-corrected chi connectivity index (χ1v) is 6.60. The molecule has 3 aromatic rings. The van der Waals surface area contributed by atoms with Crippen molar-refractivity contribution in [1.29, 1.82) is 0 Å². The van der Waals surface area contributed by atoms with Gasteiger partial charge in [0.1, 0.15) is 0 Å². The van der Waals surface area contributed by atoms with Crippen LogP contribution < -0.4 is 9.47 Å². The van der Waals surface area contributed by atoms with Gasteiger partial charge in [0.25, 0.3) is 0 Å². The molecule has 0 aliphatic heterocycles. The van der Waals surface area contributed by atoms with Gasteiger partial charge in [-0.15, -0.1) is 0 Å². The van der Waals surface area contributed by atoms with E-state index in [1.807, 2.05) is 12.1 Å². The summed E-state index contributed by atoms with van der Waals surface area (Å²) in [6, 6.07) is 13.6. The van der Waals surface area contributed by atoms with Crippen molar-refractivity contribution in [3.05, 3.63) is 76.7 Å². The first-order valence-electron chi connectivity index (χ1n) is 6.23. The second-order valence-electron chi connectivity index (χ2n) is 4.47. The van der Waals surface area contributed by atoms with Crippen LogP contribution in [0.25, 0.3) is 10.8 Å². The zero-order valence-electron chi connectivity index (χ0n) is 10.8. The van der Waals surface area contributed by atoms with Crippen LogP contribution in [-0.4, -0.2) is 5.97 Å². The van der Waals surface area contributed by atoms with Crippen molar-refractivity contribution in [2.75, 3.05) is 0 Å². The number of pyridine rings is 1. The number of halogens is 1. The third kappa shape index (κ3) is 2.80. The first kappa shape index (κ1) is 13.4. The Kier molecular flexibility index (Phi) is 3.46. The van der Waals surface area contributed by atoms with Crippen molar-refractivity contribution in [2.45, 2.75) is 0 Å². The summed E-state index contributed by atoms with van der Waals surface area (Å²) in [7, 11) is 0. The van der Waals surface area contributed by atoms with Crippen molar-refractivity contribution in [3.63, 3.8) is 0 Å². The Morgan fingerprint density at radius 3 is 2.71 bits per heavy atom. The molecular formula is C16H10ClNO3. The van der Waals surface area contributed by atoms with Crippen LogP contribution in [0.15, 0.2) is 60.9 Å². The third-order valence-corrected chi connectivity index (χ3v) is 3.24. The predicted molar refractivity (Wildman–Crippen MR) is 79.3 cm³/mol. The normalized spacial score (nSPS) is 10.5. The van der Waals surface area contributed by atoms with Gasteiger partial charge in [-0.3, -0.25) is 0 Å². The summed E-state index contributed by atoms with van der Waals surface area (Å²) in [5, 5.41) is 13.4. The van der Waals surface area contributed by atoms with E-state index in [-0.39, 0.29) is 5.75 Å². The molecule has 4 nitrogen and oxygen atoms in total. The van der Waals surface area contributed by atoms with Crippen LogP contribution >= 0.6 is 11.6 Å². The fourth-order valence-corrected chi connectivity index (χ4v) is 2.24. The second-order valence-corrected chi connectivity index (χ2v) is 4.91. The number of hydrogen-bond donors (Lipinski definition) is 0. The van der Waals surface area contributed by atoms with Crippen molar-refractivity contribution >= 4 is 28.3 Å². The van der Waals surface area contributed by atoms with Crippen molar-refractivity contribution < 1.29 is 14.3 Å². The maximum Gasteiger partial charge on any atom is 0.343 e. The van der Waals surface area contributed by atoms with Crippen LogP contribution in [-0.2, 0) is 0 Å². The van der Waals surface area contributed by atoms with E-state index < -0.39 is 5.97 Å². The van der Waals surface area contributed by atoms with Gasteiger partial charge >= 0.3 is 5.97 Å². The third-order valence-electron chi connectivity index (χ3n) is 3.00. The van der Waals surface area contributed by atoms with Gasteiger partial charge in [-0.05, 0) is 24.3 Å². The van der Waals surface area contributed by atoms with Crippen molar-refractivity contribution in [1.82, 2.24) is 0 Å². The molecule has 1 heterocycles. The molecule has 0 unspecified atom stereocenters. The van der Waals surface area contributed by atoms with Crippen LogP contribution in [0.1, 0.15) is 10.4 Å². The highest BCUT2D eigenvalue weighted by Crippen LogP contribution is 2.24. The number of carbonyl (C=O) groups is 1. The smallest absolute Gasteiger partial charge is 0.343 e. The lowest BCUT2D eigenvalue weighted by molar-refractivity contribution is -0.604. The lowest BCUT2D eigenvalue weighted by Crippen LogP contribution is -2.25. The summed E-state index contributed by atoms with van der Waals surface area (Å²) in [4.78, 5) is 12.1. The fourth-order valence-electron chi connectivity index (χ4n) is 2.05. The van der Waals surface area contributed by atoms with Gasteiger partial charge in [0, 0.05) is 10.4 Å². The molecule has 0 amide bonds. The molecule has 0 aliphatic rings. The summed E-state index contributed by atoms with van der Waals surface area (Å²) in [6.45, 7) is 0. The molecule has 0 saturated heterocycles. The molecule has 0 atom stereocenters. The molecule has 21 heavy (non-hydrogen) atoms. The van der Waals surface area contributed by atoms with Gasteiger partial charge in [-0.25, -0.2) is 4.79 Å². The van der Waals surface area contributed by atoms with Crippen LogP contribution in [0, 0.1) is 5.21 Å². The van der Waals surface area contributed by atoms with E-state index in [4.69, 9.17) is 16.3 Å². The molecule has 2 aromatic carbocycles. The molecular weight excluding hydrogens is 290 g/mol. The average molecular weight is 300 g/mol. The number of fused-ring (bicyclic) bond motifs is 1. The SMILES string of the molecule is O=C(Oc1c[n+]([O-])cc2ccccc12)c1cccc(Cl)c1. The first-order chi connectivity index (χ1) is 10.1. The number of carbonyl (C=O) groups excluding carboxylic acids is 1. The minimum atomic E-state index is -0.561. The van der Waals surface area contributed by atoms with Gasteiger partial charge in [-0.1, -0.05) is 35.9 Å². The van der Waals surface area contributed by atoms with Gasteiger partial charge in [-0.2, -0.15) is 4.73 Å². The second kappa shape index (κ2) is 5.42. The van der Waals surface area contributed by atoms with Gasteiger partial charge < -0.3 is 9.94 Å². The number of hydrogen-bond acceptors (Lipinski definition) is 3. The fraction of sp³-hybridized carbons (Fsp3) is 0. The molecule has 5 heteroatoms. The number of ether oxygens (including phenoxy) is 1. The number of benzene rings is 2. The number of esters is 1. The maximum absolute atomic E-state index is 12.1. The Bertz CT molecular complexity index is 833. The lowest BCUT2D eigenvalue weighted by Gasteiger charge is -2.07. The van der Waals surface area contributed by atoms with E-state index in [0.29, 0.717) is 26.1 Å². The van der Waals surface area contributed by atoms with E-state index in [1.165, 1.54) is 18.5 Å². The van der Waals surface area contributed by atoms with Crippen LogP contribution in [0.4, 0.5) is 0 Å². The molecule has 104 valence electrons. The Labute approximate surface area is 125 Å². The zero-order valence-corrected chi connectivity index (χ0v) is 11.6. The summed E-state index contributed by atoms with van der Waals surface area (Å²) < 4.78 is 5.95. The summed E-state index contributed by atoms with van der Waals surface area (Å²) >= 11 is 5.85. The molecule has 0 saturated carbocycles. The van der Waals surface area contributed by atoms with E-state index in [2.05, 4.69) is 0 Å². The minimum absolute atomic E-state index is 0.216. The zero-order chi connectivity index (χ0) is 14.8. The largest absolute Gasteiger partial charge is 0.619 e. The molecule has 0 spiro atoms. The van der Waals surface area contributed by atoms with E-state index >= 15 is 0 Å². The number of aromatic nitrogens is 1. The number of nitrogens with zero attached hydrogens (tertiary/aromatic N) is 1. The standard InChI is InChI=1S/C16H10ClNO3/c17-13-6-3-5-11(8-13)16(19)21-15-10-18(20)9-12-4-1-2-7-14(12)15/h1-10H. The van der Waals surface area contributed by atoms with E-state index in [1.54, 1.807) is 30.3 Å². The Morgan fingerprint density at radius 2 is 1.90 bits per heavy atom. The average Bonchev–Trinajstić information content (AvgIpc) is 2.47. The predicted octanol–water partition coefficient (Wildman–Crippen LogP) is 3.35. The van der Waals surface area contributed by atoms with Crippen LogP contribution in [0.2, 0.25) is 5.02 Å². The van der Waals surface area contributed by atoms with Crippen molar-refractivity contribution in [2.24, 2.45) is 0 Å². The highest BCUT2D eigenvalue weighted by Gasteiger charge is 2.14. The summed E-state index contributed by atoms with van der Waals surface area (Å²) in [5.74, 6) is -0.345. The minimum Gasteiger partial charge on any atom is -0.619 e. The highest BCUT2D eigenvalue weighted by molar-refractivity contribution is 6.30. The molecule has 0 radical (unpaired) electrons. The van der Waals surface area contributed by atoms with Gasteiger partial charge in [0.15, 0.2) is 6.20 Å². The van der Waals surface area contributed by atoms with Crippen LogP contribution in [0.5, 0.6) is 5.75 Å². The highest BCUT2D eigenvalue weighted by atomic mass is 35.5. The van der Waals surface area contributed by atoms with Gasteiger partial charge in [0.2, 0.25) is 11.9 Å². The molecule has 1 aromatic heterocycles. The monoisotopic (exact) mass is 299 g/mol. The summed E-state index contributed by atoms with van der Waals surface area (Å²) in [5.41, 5.74) is 0.327. The molecule has 0 N–H and O–H groups in total. The van der Waals surface area contributed by atoms with Crippen LogP contribution in [0.3, 0.4) is 0 Å². The van der Waals surface area contributed by atoms with E-state index in [9.17, 15) is 10.0 Å². The van der Waals surface area contributed by atoms with Crippen molar-refractivity contribution in [3.8, 4) is 5.75 Å². The summed E-state index contributed by atoms with van der Waals surface area (Å²) in [6.07, 6.45) is 2.65. The molecule has 0 bridgehead atoms. The Hall–Kier alpha value is -2.59. The number of rotatable bonds is 2. The van der Waals surface area contributed by atoms with Gasteiger partial charge in [0.05, 0.1) is 10.9 Å². The molecule has 3 rings (SSSR count). The molecule has 0 aliphatic carbocycles. The quantitative estimate of drug-likeness (QED) is 0.414.